The normalized spacial score (nSPS) is 20.5. The monoisotopic (exact) mass is 354 g/mol. The maximum Gasteiger partial charge on any atom is 0.214 e. The van der Waals surface area contributed by atoms with Gasteiger partial charge in [-0.2, -0.15) is 4.31 Å². The molecule has 1 aliphatic heterocycles. The molecule has 8 heteroatoms. The molecule has 0 spiro atoms. The highest BCUT2D eigenvalue weighted by Gasteiger charge is 2.27. The molecule has 1 N–H and O–H groups in total. The van der Waals surface area contributed by atoms with Crippen LogP contribution in [0.2, 0.25) is 0 Å². The van der Waals surface area contributed by atoms with Gasteiger partial charge in [0.1, 0.15) is 17.0 Å². The molecule has 1 fully saturated rings. The van der Waals surface area contributed by atoms with Crippen LogP contribution >= 0.6 is 11.3 Å². The van der Waals surface area contributed by atoms with Crippen LogP contribution in [0.3, 0.4) is 0 Å². The van der Waals surface area contributed by atoms with Gasteiger partial charge in [0, 0.05) is 19.1 Å². The summed E-state index contributed by atoms with van der Waals surface area (Å²) >= 11 is 1.58. The third-order valence-corrected chi connectivity index (χ3v) is 6.96. The maximum atomic E-state index is 12.4. The fraction of sp³-hybridized carbons (Fsp3) is 0.600. The fourth-order valence-corrected chi connectivity index (χ4v) is 5.28. The van der Waals surface area contributed by atoms with E-state index in [0.717, 1.165) is 35.3 Å². The minimum Gasteiger partial charge on any atom is -0.365 e. The summed E-state index contributed by atoms with van der Waals surface area (Å²) in [4.78, 5) is 9.55. The number of anilines is 1. The summed E-state index contributed by atoms with van der Waals surface area (Å²) in [6, 6.07) is 2.09. The Hall–Kier alpha value is -1.25. The van der Waals surface area contributed by atoms with Gasteiger partial charge in [0.2, 0.25) is 10.0 Å². The summed E-state index contributed by atoms with van der Waals surface area (Å²) in [5.41, 5.74) is 0. The second-order valence-corrected chi connectivity index (χ2v) is 8.86. The van der Waals surface area contributed by atoms with Gasteiger partial charge in [-0.3, -0.25) is 0 Å². The van der Waals surface area contributed by atoms with Gasteiger partial charge >= 0.3 is 0 Å². The Morgan fingerprint density at radius 1 is 1.39 bits per heavy atom. The van der Waals surface area contributed by atoms with E-state index >= 15 is 0 Å². The lowest BCUT2D eigenvalue weighted by atomic mass is 10.1. The Bertz CT molecular complexity index is 760. The van der Waals surface area contributed by atoms with Gasteiger partial charge in [-0.25, -0.2) is 18.4 Å². The number of nitrogens with zero attached hydrogens (tertiary/aromatic N) is 3. The van der Waals surface area contributed by atoms with E-state index in [0.29, 0.717) is 19.5 Å². The summed E-state index contributed by atoms with van der Waals surface area (Å²) in [6.07, 6.45) is 5.10. The zero-order valence-electron chi connectivity index (χ0n) is 13.2. The van der Waals surface area contributed by atoms with E-state index in [-0.39, 0.29) is 11.8 Å². The van der Waals surface area contributed by atoms with E-state index in [4.69, 9.17) is 0 Å². The molecule has 0 amide bonds. The van der Waals surface area contributed by atoms with Crippen LogP contribution in [-0.4, -0.2) is 47.6 Å². The van der Waals surface area contributed by atoms with Gasteiger partial charge in [-0.05, 0) is 30.7 Å². The average molecular weight is 355 g/mol. The first-order chi connectivity index (χ1) is 11.1. The van der Waals surface area contributed by atoms with Crippen molar-refractivity contribution in [3.63, 3.8) is 0 Å². The Morgan fingerprint density at radius 2 is 2.26 bits per heavy atom. The molecule has 2 aromatic heterocycles. The molecule has 1 aliphatic rings. The summed E-state index contributed by atoms with van der Waals surface area (Å²) in [7, 11) is -3.15. The molecule has 0 radical (unpaired) electrons. The fourth-order valence-electron chi connectivity index (χ4n) is 2.96. The molecular weight excluding hydrogens is 332 g/mol. The second kappa shape index (κ2) is 7.11. The lowest BCUT2D eigenvalue weighted by molar-refractivity contribution is 0.412. The van der Waals surface area contributed by atoms with Gasteiger partial charge in [0.25, 0.3) is 0 Å². The molecule has 6 nitrogen and oxygen atoms in total. The van der Waals surface area contributed by atoms with Gasteiger partial charge < -0.3 is 5.32 Å². The van der Waals surface area contributed by atoms with E-state index in [1.165, 1.54) is 0 Å². The van der Waals surface area contributed by atoms with Crippen molar-refractivity contribution in [1.29, 1.82) is 0 Å². The summed E-state index contributed by atoms with van der Waals surface area (Å²) in [5.74, 6) is 1.03. The Morgan fingerprint density at radius 3 is 3.09 bits per heavy atom. The quantitative estimate of drug-likeness (QED) is 0.893. The van der Waals surface area contributed by atoms with Crippen molar-refractivity contribution in [3.8, 4) is 0 Å². The van der Waals surface area contributed by atoms with Crippen LogP contribution in [0.1, 0.15) is 32.6 Å². The summed E-state index contributed by atoms with van der Waals surface area (Å²) in [5, 5.41) is 6.44. The van der Waals surface area contributed by atoms with Crippen molar-refractivity contribution in [2.75, 3.05) is 24.2 Å². The Labute approximate surface area is 141 Å². The first-order valence-corrected chi connectivity index (χ1v) is 10.5. The Kier molecular flexibility index (Phi) is 5.13. The van der Waals surface area contributed by atoms with E-state index in [2.05, 4.69) is 15.3 Å². The van der Waals surface area contributed by atoms with Crippen molar-refractivity contribution in [2.24, 2.45) is 0 Å². The van der Waals surface area contributed by atoms with Crippen LogP contribution in [-0.2, 0) is 10.0 Å². The van der Waals surface area contributed by atoms with E-state index in [1.54, 1.807) is 22.0 Å². The number of hydrogen-bond donors (Lipinski definition) is 1. The highest BCUT2D eigenvalue weighted by atomic mass is 32.2. The SMILES string of the molecule is CCCS(=O)(=O)N1CCCC[C@H](Nc2ncnc3sccc23)C1. The van der Waals surface area contributed by atoms with Crippen LogP contribution in [0.5, 0.6) is 0 Å². The lowest BCUT2D eigenvalue weighted by Gasteiger charge is -2.25. The zero-order valence-corrected chi connectivity index (χ0v) is 14.9. The first-order valence-electron chi connectivity index (χ1n) is 8.02. The van der Waals surface area contributed by atoms with Gasteiger partial charge in [0.15, 0.2) is 0 Å². The predicted octanol–water partition coefficient (Wildman–Crippen LogP) is 2.70. The molecular formula is C15H22N4O2S2. The number of nitrogens with one attached hydrogen (secondary N) is 1. The number of thiophene rings is 1. The first kappa shape index (κ1) is 16.6. The highest BCUT2D eigenvalue weighted by molar-refractivity contribution is 7.89. The van der Waals surface area contributed by atoms with Crippen LogP contribution in [0.25, 0.3) is 10.2 Å². The van der Waals surface area contributed by atoms with Crippen molar-refractivity contribution < 1.29 is 8.42 Å². The molecule has 3 heterocycles. The van der Waals surface area contributed by atoms with Crippen molar-refractivity contribution >= 4 is 37.4 Å². The van der Waals surface area contributed by atoms with Gasteiger partial charge in [-0.15, -0.1) is 11.3 Å². The number of sulfonamides is 1. The molecule has 2 aromatic rings. The van der Waals surface area contributed by atoms with Gasteiger partial charge in [-0.1, -0.05) is 13.3 Å². The van der Waals surface area contributed by atoms with Gasteiger partial charge in [0.05, 0.1) is 11.1 Å². The standard InChI is InChI=1S/C15H22N4O2S2/c1-2-9-23(20,21)19-7-4-3-5-12(10-19)18-14-13-6-8-22-15(13)17-11-16-14/h6,8,11-12H,2-5,7,9-10H2,1H3,(H,16,17,18)/t12-/m0/s1. The largest absolute Gasteiger partial charge is 0.365 e. The van der Waals surface area contributed by atoms with E-state index in [1.807, 2.05) is 18.4 Å². The van der Waals surface area contributed by atoms with Crippen LogP contribution in [0, 0.1) is 0 Å². The summed E-state index contributed by atoms with van der Waals surface area (Å²) < 4.78 is 26.4. The molecule has 1 saturated heterocycles. The molecule has 23 heavy (non-hydrogen) atoms. The topological polar surface area (TPSA) is 75.2 Å². The van der Waals surface area contributed by atoms with Crippen molar-refractivity contribution in [2.45, 2.75) is 38.6 Å². The molecule has 126 valence electrons. The molecule has 0 aromatic carbocycles. The minimum atomic E-state index is -3.15. The third kappa shape index (κ3) is 3.81. The number of hydrogen-bond acceptors (Lipinski definition) is 6. The van der Waals surface area contributed by atoms with Crippen LogP contribution in [0.15, 0.2) is 17.8 Å². The van der Waals surface area contributed by atoms with Crippen LogP contribution in [0.4, 0.5) is 5.82 Å². The van der Waals surface area contributed by atoms with E-state index in [9.17, 15) is 8.42 Å². The third-order valence-electron chi connectivity index (χ3n) is 4.09. The van der Waals surface area contributed by atoms with Crippen molar-refractivity contribution in [1.82, 2.24) is 14.3 Å². The Balaban J connectivity index is 1.78. The number of aromatic nitrogens is 2. The molecule has 3 rings (SSSR count). The van der Waals surface area contributed by atoms with Crippen LogP contribution < -0.4 is 5.32 Å². The second-order valence-electron chi connectivity index (χ2n) is 5.87. The highest BCUT2D eigenvalue weighted by Crippen LogP contribution is 2.26. The lowest BCUT2D eigenvalue weighted by Crippen LogP contribution is -2.40. The minimum absolute atomic E-state index is 0.0853. The number of rotatable bonds is 5. The van der Waals surface area contributed by atoms with E-state index < -0.39 is 10.0 Å². The average Bonchev–Trinajstić information content (AvgIpc) is 2.87. The summed E-state index contributed by atoms with van der Waals surface area (Å²) in [6.45, 7) is 3.04. The molecule has 1 atom stereocenters. The number of fused-ring (bicyclic) bond motifs is 1. The zero-order chi connectivity index (χ0) is 16.3. The molecule has 0 unspecified atom stereocenters. The predicted molar refractivity (Wildman–Crippen MR) is 94.3 cm³/mol. The molecule has 0 saturated carbocycles. The molecule has 0 aliphatic carbocycles. The maximum absolute atomic E-state index is 12.4. The molecule has 0 bridgehead atoms. The smallest absolute Gasteiger partial charge is 0.214 e. The van der Waals surface area contributed by atoms with Crippen molar-refractivity contribution in [3.05, 3.63) is 17.8 Å².